The molecule has 120 valence electrons. The van der Waals surface area contributed by atoms with E-state index in [2.05, 4.69) is 18.7 Å². The van der Waals surface area contributed by atoms with E-state index in [0.29, 0.717) is 31.6 Å². The summed E-state index contributed by atoms with van der Waals surface area (Å²) in [5.41, 5.74) is 5.73. The van der Waals surface area contributed by atoms with Gasteiger partial charge in [-0.3, -0.25) is 4.90 Å². The normalized spacial score (nSPS) is 21.8. The van der Waals surface area contributed by atoms with Gasteiger partial charge in [0.05, 0.1) is 6.26 Å². The van der Waals surface area contributed by atoms with Crippen LogP contribution in [0.5, 0.6) is 0 Å². The van der Waals surface area contributed by atoms with Gasteiger partial charge in [-0.15, -0.1) is 0 Å². The summed E-state index contributed by atoms with van der Waals surface area (Å²) >= 11 is 0. The molecule has 1 saturated heterocycles. The van der Waals surface area contributed by atoms with Crippen molar-refractivity contribution < 1.29 is 8.42 Å². The average Bonchev–Trinajstić information content (AvgIpc) is 2.39. The molecular weight excluding hydrogens is 274 g/mol. The summed E-state index contributed by atoms with van der Waals surface area (Å²) in [5, 5.41) is 0. The van der Waals surface area contributed by atoms with E-state index < -0.39 is 10.0 Å². The predicted molar refractivity (Wildman–Crippen MR) is 84.1 cm³/mol. The molecule has 0 spiro atoms. The van der Waals surface area contributed by atoms with Crippen LogP contribution in [0.4, 0.5) is 0 Å². The SMILES string of the molecule is CCC(CC)N(CCN)CC1CCCN(S(C)(=O)=O)C1. The first-order chi connectivity index (χ1) is 9.42. The lowest BCUT2D eigenvalue weighted by molar-refractivity contribution is 0.134. The lowest BCUT2D eigenvalue weighted by atomic mass is 9.97. The first-order valence-electron chi connectivity index (χ1n) is 7.81. The van der Waals surface area contributed by atoms with E-state index >= 15 is 0 Å². The molecule has 0 bridgehead atoms. The van der Waals surface area contributed by atoms with Gasteiger partial charge in [0.1, 0.15) is 0 Å². The van der Waals surface area contributed by atoms with Crippen molar-refractivity contribution in [1.82, 2.24) is 9.21 Å². The number of nitrogens with zero attached hydrogens (tertiary/aromatic N) is 2. The van der Waals surface area contributed by atoms with Gasteiger partial charge in [0.25, 0.3) is 0 Å². The minimum atomic E-state index is -3.05. The summed E-state index contributed by atoms with van der Waals surface area (Å²) in [6.45, 7) is 8.30. The zero-order valence-corrected chi connectivity index (χ0v) is 14.0. The van der Waals surface area contributed by atoms with Crippen LogP contribution in [0, 0.1) is 5.92 Å². The Morgan fingerprint density at radius 3 is 2.50 bits per heavy atom. The van der Waals surface area contributed by atoms with Gasteiger partial charge in [0.15, 0.2) is 0 Å². The number of rotatable bonds is 8. The molecule has 1 fully saturated rings. The predicted octanol–water partition coefficient (Wildman–Crippen LogP) is 1.11. The monoisotopic (exact) mass is 305 g/mol. The van der Waals surface area contributed by atoms with Crippen LogP contribution in [0.1, 0.15) is 39.5 Å². The third-order valence-corrected chi connectivity index (χ3v) is 5.59. The van der Waals surface area contributed by atoms with E-state index in [1.54, 1.807) is 4.31 Å². The van der Waals surface area contributed by atoms with Crippen molar-refractivity contribution in [2.75, 3.05) is 39.0 Å². The lowest BCUT2D eigenvalue weighted by Crippen LogP contribution is -2.46. The van der Waals surface area contributed by atoms with Crippen LogP contribution < -0.4 is 5.73 Å². The van der Waals surface area contributed by atoms with Crippen molar-refractivity contribution in [3.05, 3.63) is 0 Å². The van der Waals surface area contributed by atoms with Gasteiger partial charge in [0, 0.05) is 38.8 Å². The molecule has 1 heterocycles. The van der Waals surface area contributed by atoms with Crippen LogP contribution >= 0.6 is 0 Å². The molecule has 0 amide bonds. The third kappa shape index (κ3) is 5.31. The Kier molecular flexibility index (Phi) is 7.43. The van der Waals surface area contributed by atoms with Crippen molar-refractivity contribution in [2.24, 2.45) is 11.7 Å². The Morgan fingerprint density at radius 1 is 1.35 bits per heavy atom. The van der Waals surface area contributed by atoms with Gasteiger partial charge in [-0.1, -0.05) is 13.8 Å². The van der Waals surface area contributed by atoms with Gasteiger partial charge in [-0.25, -0.2) is 12.7 Å². The molecule has 0 saturated carbocycles. The zero-order chi connectivity index (χ0) is 15.2. The van der Waals surface area contributed by atoms with E-state index in [-0.39, 0.29) is 0 Å². The summed E-state index contributed by atoms with van der Waals surface area (Å²) in [5.74, 6) is 0.436. The second kappa shape index (κ2) is 8.32. The van der Waals surface area contributed by atoms with Crippen LogP contribution in [0.25, 0.3) is 0 Å². The number of hydrogen-bond donors (Lipinski definition) is 1. The van der Waals surface area contributed by atoms with Crippen molar-refractivity contribution in [1.29, 1.82) is 0 Å². The molecule has 1 rings (SSSR count). The zero-order valence-electron chi connectivity index (χ0n) is 13.2. The summed E-state index contributed by atoms with van der Waals surface area (Å²) in [4.78, 5) is 2.45. The highest BCUT2D eigenvalue weighted by Gasteiger charge is 2.28. The average molecular weight is 305 g/mol. The second-order valence-corrected chi connectivity index (χ2v) is 7.87. The smallest absolute Gasteiger partial charge is 0.211 e. The Morgan fingerprint density at radius 2 is 2.00 bits per heavy atom. The molecule has 1 atom stereocenters. The lowest BCUT2D eigenvalue weighted by Gasteiger charge is -2.37. The van der Waals surface area contributed by atoms with Crippen molar-refractivity contribution in [3.8, 4) is 0 Å². The van der Waals surface area contributed by atoms with Crippen molar-refractivity contribution >= 4 is 10.0 Å². The summed E-state index contributed by atoms with van der Waals surface area (Å²) in [6, 6.07) is 0.562. The molecule has 0 aromatic carbocycles. The maximum atomic E-state index is 11.7. The van der Waals surface area contributed by atoms with Crippen molar-refractivity contribution in [3.63, 3.8) is 0 Å². The Labute approximate surface area is 124 Å². The minimum absolute atomic E-state index is 0.436. The Hall–Kier alpha value is -0.170. The third-order valence-electron chi connectivity index (χ3n) is 4.32. The molecular formula is C14H31N3O2S. The van der Waals surface area contributed by atoms with E-state index in [4.69, 9.17) is 5.73 Å². The highest BCUT2D eigenvalue weighted by Crippen LogP contribution is 2.21. The van der Waals surface area contributed by atoms with E-state index in [9.17, 15) is 8.42 Å². The molecule has 6 heteroatoms. The van der Waals surface area contributed by atoms with Gasteiger partial charge in [-0.05, 0) is 31.6 Å². The van der Waals surface area contributed by atoms with Crippen LogP contribution in [-0.4, -0.2) is 62.6 Å². The number of piperidine rings is 1. The molecule has 20 heavy (non-hydrogen) atoms. The fourth-order valence-corrected chi connectivity index (χ4v) is 4.14. The van der Waals surface area contributed by atoms with Gasteiger partial charge in [0.2, 0.25) is 10.0 Å². The van der Waals surface area contributed by atoms with E-state index in [0.717, 1.165) is 38.8 Å². The first kappa shape index (κ1) is 17.9. The van der Waals surface area contributed by atoms with Crippen LogP contribution in [0.3, 0.4) is 0 Å². The number of sulfonamides is 1. The van der Waals surface area contributed by atoms with Gasteiger partial charge >= 0.3 is 0 Å². The Balaban J connectivity index is 2.63. The van der Waals surface area contributed by atoms with E-state index in [1.165, 1.54) is 6.26 Å². The highest BCUT2D eigenvalue weighted by molar-refractivity contribution is 7.88. The molecule has 0 aromatic heterocycles. The maximum Gasteiger partial charge on any atom is 0.211 e. The van der Waals surface area contributed by atoms with Crippen LogP contribution in [0.2, 0.25) is 0 Å². The molecule has 5 nitrogen and oxygen atoms in total. The van der Waals surface area contributed by atoms with Crippen LogP contribution in [-0.2, 0) is 10.0 Å². The minimum Gasteiger partial charge on any atom is -0.329 e. The highest BCUT2D eigenvalue weighted by atomic mass is 32.2. The number of hydrogen-bond acceptors (Lipinski definition) is 4. The summed E-state index contributed by atoms with van der Waals surface area (Å²) in [6.07, 6.45) is 5.65. The maximum absolute atomic E-state index is 11.7. The molecule has 1 aliphatic heterocycles. The topological polar surface area (TPSA) is 66.6 Å². The summed E-state index contributed by atoms with van der Waals surface area (Å²) < 4.78 is 25.0. The fraction of sp³-hybridized carbons (Fsp3) is 1.00. The molecule has 1 unspecified atom stereocenters. The fourth-order valence-electron chi connectivity index (χ4n) is 3.20. The molecule has 0 radical (unpaired) electrons. The van der Waals surface area contributed by atoms with Crippen molar-refractivity contribution in [2.45, 2.75) is 45.6 Å². The van der Waals surface area contributed by atoms with Gasteiger partial charge in [-0.2, -0.15) is 0 Å². The number of nitrogens with two attached hydrogens (primary N) is 1. The van der Waals surface area contributed by atoms with Crippen LogP contribution in [0.15, 0.2) is 0 Å². The van der Waals surface area contributed by atoms with E-state index in [1.807, 2.05) is 0 Å². The first-order valence-corrected chi connectivity index (χ1v) is 9.66. The molecule has 1 aliphatic rings. The largest absolute Gasteiger partial charge is 0.329 e. The summed E-state index contributed by atoms with van der Waals surface area (Å²) in [7, 11) is -3.05. The molecule has 0 aromatic rings. The molecule has 0 aliphatic carbocycles. The quantitative estimate of drug-likeness (QED) is 0.729. The second-order valence-electron chi connectivity index (χ2n) is 5.88. The standard InChI is InChI=1S/C14H31N3O2S/c1-4-14(5-2)16(10-8-15)11-13-7-6-9-17(12-13)20(3,18)19/h13-14H,4-12,15H2,1-3H3. The molecule has 2 N–H and O–H groups in total. The van der Waals surface area contributed by atoms with Gasteiger partial charge < -0.3 is 5.73 Å². The Bertz CT molecular complexity index is 369.